The van der Waals surface area contributed by atoms with Gasteiger partial charge in [0.15, 0.2) is 4.90 Å². The molecule has 0 unspecified atom stereocenters. The van der Waals surface area contributed by atoms with E-state index in [0.717, 1.165) is 17.3 Å². The van der Waals surface area contributed by atoms with E-state index in [-0.39, 0.29) is 4.90 Å². The van der Waals surface area contributed by atoms with Gasteiger partial charge in [0.25, 0.3) is 0 Å². The molecule has 0 radical (unpaired) electrons. The van der Waals surface area contributed by atoms with Crippen LogP contribution in [-0.4, -0.2) is 25.8 Å². The number of halogens is 1. The summed E-state index contributed by atoms with van der Waals surface area (Å²) in [6, 6.07) is 6.52. The second kappa shape index (κ2) is 5.79. The Morgan fingerprint density at radius 2 is 2.09 bits per heavy atom. The Kier molecular flexibility index (Phi) is 4.13. The Hall–Kier alpha value is -1.18. The van der Waals surface area contributed by atoms with Crippen molar-refractivity contribution >= 4 is 36.9 Å². The Bertz CT molecular complexity index is 875. The second-order valence-corrected chi connectivity index (χ2v) is 8.51. The van der Waals surface area contributed by atoms with E-state index in [2.05, 4.69) is 15.9 Å². The Morgan fingerprint density at radius 1 is 1.32 bits per heavy atom. The minimum absolute atomic E-state index is 0.285. The molecule has 0 aliphatic carbocycles. The molecule has 0 amide bonds. The van der Waals surface area contributed by atoms with Gasteiger partial charge in [-0.05, 0) is 43.0 Å². The van der Waals surface area contributed by atoms with Gasteiger partial charge in [-0.1, -0.05) is 22.9 Å². The van der Waals surface area contributed by atoms with Crippen LogP contribution in [0.25, 0.3) is 11.0 Å². The van der Waals surface area contributed by atoms with Crippen molar-refractivity contribution in [1.29, 1.82) is 0 Å². The van der Waals surface area contributed by atoms with E-state index in [1.54, 1.807) is 18.2 Å². The largest absolute Gasteiger partial charge is 0.422 e. The third-order valence-corrected chi connectivity index (χ3v) is 6.24. The Morgan fingerprint density at radius 3 is 2.82 bits per heavy atom. The Labute approximate surface area is 137 Å². The van der Waals surface area contributed by atoms with Crippen molar-refractivity contribution in [2.24, 2.45) is 5.92 Å². The fourth-order valence-electron chi connectivity index (χ4n) is 2.76. The highest BCUT2D eigenvalue weighted by atomic mass is 79.9. The van der Waals surface area contributed by atoms with E-state index in [1.165, 1.54) is 10.4 Å². The first kappa shape index (κ1) is 15.7. The molecule has 2 aromatic rings. The van der Waals surface area contributed by atoms with Gasteiger partial charge in [0.05, 0.1) is 0 Å². The molecule has 22 heavy (non-hydrogen) atoms. The molecule has 0 spiro atoms. The average molecular weight is 386 g/mol. The third-order valence-electron chi connectivity index (χ3n) is 3.90. The number of fused-ring (bicyclic) bond motifs is 1. The summed E-state index contributed by atoms with van der Waals surface area (Å²) in [5.74, 6) is 0.296. The van der Waals surface area contributed by atoms with Crippen LogP contribution in [-0.2, 0) is 10.0 Å². The molecule has 118 valence electrons. The molecule has 2 heterocycles. The van der Waals surface area contributed by atoms with Gasteiger partial charge in [-0.25, -0.2) is 13.2 Å². The number of piperidine rings is 1. The molecule has 1 aliphatic heterocycles. The van der Waals surface area contributed by atoms with Crippen LogP contribution < -0.4 is 5.63 Å². The minimum atomic E-state index is -3.82. The standard InChI is InChI=1S/C15H16BrNO4S/c1-10-3-2-6-17(9-10)22(19,20)14-8-11-7-12(16)4-5-13(11)21-15(14)18/h4-5,7-8,10H,2-3,6,9H2,1H3/t10-/m1/s1. The van der Waals surface area contributed by atoms with Gasteiger partial charge in [0.2, 0.25) is 10.0 Å². The first-order chi connectivity index (χ1) is 10.4. The van der Waals surface area contributed by atoms with Gasteiger partial charge in [0.1, 0.15) is 5.58 Å². The highest BCUT2D eigenvalue weighted by Crippen LogP contribution is 2.25. The van der Waals surface area contributed by atoms with Crippen LogP contribution in [0.15, 0.2) is 42.8 Å². The molecule has 3 rings (SSSR count). The molecular formula is C15H16BrNO4S. The van der Waals surface area contributed by atoms with E-state index < -0.39 is 15.6 Å². The number of benzene rings is 1. The third kappa shape index (κ3) is 2.85. The first-order valence-corrected chi connectivity index (χ1v) is 9.35. The number of sulfonamides is 1. The highest BCUT2D eigenvalue weighted by Gasteiger charge is 2.31. The lowest BCUT2D eigenvalue weighted by Gasteiger charge is -2.29. The zero-order valence-corrected chi connectivity index (χ0v) is 14.5. The zero-order valence-electron chi connectivity index (χ0n) is 12.1. The van der Waals surface area contributed by atoms with Crippen LogP contribution in [0.2, 0.25) is 0 Å². The van der Waals surface area contributed by atoms with Gasteiger partial charge in [-0.15, -0.1) is 0 Å². The summed E-state index contributed by atoms with van der Waals surface area (Å²) >= 11 is 3.33. The van der Waals surface area contributed by atoms with Crippen molar-refractivity contribution in [3.05, 3.63) is 39.2 Å². The summed E-state index contributed by atoms with van der Waals surface area (Å²) in [6.07, 6.45) is 1.82. The maximum Gasteiger partial charge on any atom is 0.356 e. The zero-order chi connectivity index (χ0) is 15.9. The van der Waals surface area contributed by atoms with Crippen molar-refractivity contribution in [2.75, 3.05) is 13.1 Å². The van der Waals surface area contributed by atoms with Crippen molar-refractivity contribution < 1.29 is 12.8 Å². The molecular weight excluding hydrogens is 370 g/mol. The molecule has 1 aromatic carbocycles. The highest BCUT2D eigenvalue weighted by molar-refractivity contribution is 9.10. The summed E-state index contributed by atoms with van der Waals surface area (Å²) < 4.78 is 32.8. The molecule has 0 bridgehead atoms. The molecule has 5 nitrogen and oxygen atoms in total. The maximum absolute atomic E-state index is 12.7. The van der Waals surface area contributed by atoms with Crippen LogP contribution in [0.3, 0.4) is 0 Å². The quantitative estimate of drug-likeness (QED) is 0.745. The molecule has 0 saturated carbocycles. The fourth-order valence-corrected chi connectivity index (χ4v) is 4.76. The molecule has 1 saturated heterocycles. The maximum atomic E-state index is 12.7. The monoisotopic (exact) mass is 385 g/mol. The van der Waals surface area contributed by atoms with Crippen LogP contribution in [0, 0.1) is 5.92 Å². The minimum Gasteiger partial charge on any atom is -0.422 e. The number of rotatable bonds is 2. The van der Waals surface area contributed by atoms with Gasteiger partial charge in [-0.2, -0.15) is 4.31 Å². The number of nitrogens with zero attached hydrogens (tertiary/aromatic N) is 1. The van der Waals surface area contributed by atoms with Crippen LogP contribution >= 0.6 is 15.9 Å². The molecule has 0 N–H and O–H groups in total. The van der Waals surface area contributed by atoms with Crippen molar-refractivity contribution in [1.82, 2.24) is 4.31 Å². The Balaban J connectivity index is 2.12. The van der Waals surface area contributed by atoms with Crippen LogP contribution in [0.1, 0.15) is 19.8 Å². The summed E-state index contributed by atoms with van der Waals surface area (Å²) in [5.41, 5.74) is -0.438. The predicted octanol–water partition coefficient (Wildman–Crippen LogP) is 2.98. The van der Waals surface area contributed by atoms with Gasteiger partial charge >= 0.3 is 5.63 Å². The molecule has 1 aromatic heterocycles. The van der Waals surface area contributed by atoms with E-state index in [4.69, 9.17) is 4.42 Å². The predicted molar refractivity (Wildman–Crippen MR) is 87.3 cm³/mol. The molecule has 1 aliphatic rings. The normalized spacial score (nSPS) is 20.4. The topological polar surface area (TPSA) is 67.6 Å². The summed E-state index contributed by atoms with van der Waals surface area (Å²) in [5, 5.41) is 0.581. The summed E-state index contributed by atoms with van der Waals surface area (Å²) in [7, 11) is -3.82. The lowest BCUT2D eigenvalue weighted by Crippen LogP contribution is -2.40. The molecule has 1 atom stereocenters. The average Bonchev–Trinajstić information content (AvgIpc) is 2.47. The van der Waals surface area contributed by atoms with Crippen LogP contribution in [0.4, 0.5) is 0 Å². The number of hydrogen-bond donors (Lipinski definition) is 0. The van der Waals surface area contributed by atoms with Gasteiger partial charge < -0.3 is 4.42 Å². The van der Waals surface area contributed by atoms with Crippen molar-refractivity contribution in [3.63, 3.8) is 0 Å². The van der Waals surface area contributed by atoms with E-state index in [1.807, 2.05) is 6.92 Å². The fraction of sp³-hybridized carbons (Fsp3) is 0.400. The van der Waals surface area contributed by atoms with E-state index in [9.17, 15) is 13.2 Å². The van der Waals surface area contributed by atoms with Gasteiger partial charge in [0, 0.05) is 22.9 Å². The van der Waals surface area contributed by atoms with Crippen LogP contribution in [0.5, 0.6) is 0 Å². The lowest BCUT2D eigenvalue weighted by molar-refractivity contribution is 0.280. The molecule has 7 heteroatoms. The van der Waals surface area contributed by atoms with Crippen molar-refractivity contribution in [3.8, 4) is 0 Å². The van der Waals surface area contributed by atoms with E-state index >= 15 is 0 Å². The second-order valence-electron chi connectivity index (χ2n) is 5.69. The van der Waals surface area contributed by atoms with Crippen molar-refractivity contribution in [2.45, 2.75) is 24.7 Å². The summed E-state index contributed by atoms with van der Waals surface area (Å²) in [4.78, 5) is 11.8. The smallest absolute Gasteiger partial charge is 0.356 e. The summed E-state index contributed by atoms with van der Waals surface area (Å²) in [6.45, 7) is 2.91. The lowest BCUT2D eigenvalue weighted by atomic mass is 10.0. The SMILES string of the molecule is C[C@@H]1CCCN(S(=O)(=O)c2cc3cc(Br)ccc3oc2=O)C1. The number of hydrogen-bond acceptors (Lipinski definition) is 4. The first-order valence-electron chi connectivity index (χ1n) is 7.11. The molecule has 1 fully saturated rings. The van der Waals surface area contributed by atoms with E-state index in [0.29, 0.717) is 30.0 Å². The van der Waals surface area contributed by atoms with Gasteiger partial charge in [-0.3, -0.25) is 0 Å².